The second kappa shape index (κ2) is 5.49. The second-order valence-corrected chi connectivity index (χ2v) is 8.76. The molecule has 1 aromatic carbocycles. The number of thiophene rings is 1. The Labute approximate surface area is 137 Å². The highest BCUT2D eigenvalue weighted by atomic mass is 35.5. The Morgan fingerprint density at radius 1 is 1.45 bits per heavy atom. The molecule has 1 saturated heterocycles. The van der Waals surface area contributed by atoms with Crippen LogP contribution in [0.4, 0.5) is 0 Å². The summed E-state index contributed by atoms with van der Waals surface area (Å²) < 4.78 is 27.9. The molecule has 5 nitrogen and oxygen atoms in total. The van der Waals surface area contributed by atoms with Crippen molar-refractivity contribution in [3.05, 3.63) is 28.1 Å². The molecule has 0 aliphatic carbocycles. The molecule has 22 heavy (non-hydrogen) atoms. The summed E-state index contributed by atoms with van der Waals surface area (Å²) >= 11 is 7.36. The molecule has 0 amide bonds. The van der Waals surface area contributed by atoms with E-state index in [1.807, 2.05) is 0 Å². The van der Waals surface area contributed by atoms with E-state index in [9.17, 15) is 18.3 Å². The van der Waals surface area contributed by atoms with E-state index in [4.69, 9.17) is 11.6 Å². The number of benzene rings is 1. The van der Waals surface area contributed by atoms with Crippen molar-refractivity contribution < 1.29 is 18.3 Å². The van der Waals surface area contributed by atoms with Crippen molar-refractivity contribution in [2.45, 2.75) is 30.7 Å². The quantitative estimate of drug-likeness (QED) is 0.913. The summed E-state index contributed by atoms with van der Waals surface area (Å²) in [6.07, 6.45) is 0.897. The summed E-state index contributed by atoms with van der Waals surface area (Å²) in [7, 11) is -3.86. The number of hydrogen-bond donors (Lipinski definition) is 1. The molecule has 3 rings (SSSR count). The number of rotatable bonds is 3. The predicted molar refractivity (Wildman–Crippen MR) is 86.1 cm³/mol. The Morgan fingerprint density at radius 2 is 2.18 bits per heavy atom. The standard InChI is InChI=1S/C14H14ClNO4S2/c1-8-13(10-7-9(15)4-5-12(10)21-8)22(19,20)16-6-2-3-11(16)14(17)18/h4-5,7,11H,2-3,6H2,1H3,(H,17,18)/t11-/m1/s1. The Bertz CT molecular complexity index is 859. The zero-order valence-electron chi connectivity index (χ0n) is 11.7. The van der Waals surface area contributed by atoms with Crippen LogP contribution < -0.4 is 0 Å². The number of aliphatic carboxylic acids is 1. The van der Waals surface area contributed by atoms with Crippen LogP contribution in [0, 0.1) is 6.92 Å². The van der Waals surface area contributed by atoms with E-state index in [1.165, 1.54) is 11.3 Å². The van der Waals surface area contributed by atoms with Gasteiger partial charge in [0.05, 0.1) is 0 Å². The molecule has 1 aliphatic rings. The van der Waals surface area contributed by atoms with Crippen molar-refractivity contribution in [3.63, 3.8) is 0 Å². The van der Waals surface area contributed by atoms with Crippen molar-refractivity contribution >= 4 is 49.0 Å². The Kier molecular flexibility index (Phi) is 3.92. The van der Waals surface area contributed by atoms with Crippen LogP contribution in [-0.2, 0) is 14.8 Å². The van der Waals surface area contributed by atoms with Crippen LogP contribution in [0.15, 0.2) is 23.1 Å². The molecule has 0 radical (unpaired) electrons. The lowest BCUT2D eigenvalue weighted by Crippen LogP contribution is -2.40. The molecule has 1 aromatic heterocycles. The summed E-state index contributed by atoms with van der Waals surface area (Å²) in [5.41, 5.74) is 0. The number of carboxylic acids is 1. The lowest BCUT2D eigenvalue weighted by molar-refractivity contribution is -0.140. The molecule has 1 N–H and O–H groups in total. The fraction of sp³-hybridized carbons (Fsp3) is 0.357. The fourth-order valence-electron chi connectivity index (χ4n) is 2.88. The van der Waals surface area contributed by atoms with Gasteiger partial charge in [0.2, 0.25) is 10.0 Å². The van der Waals surface area contributed by atoms with Crippen molar-refractivity contribution in [3.8, 4) is 0 Å². The van der Waals surface area contributed by atoms with Crippen LogP contribution in [0.25, 0.3) is 10.1 Å². The summed E-state index contributed by atoms with van der Waals surface area (Å²) in [4.78, 5) is 12.1. The summed E-state index contributed by atoms with van der Waals surface area (Å²) in [5.74, 6) is -1.10. The van der Waals surface area contributed by atoms with Crippen molar-refractivity contribution in [1.29, 1.82) is 0 Å². The van der Waals surface area contributed by atoms with Gasteiger partial charge in [0.1, 0.15) is 10.9 Å². The minimum atomic E-state index is -3.86. The SMILES string of the molecule is Cc1sc2ccc(Cl)cc2c1S(=O)(=O)N1CCC[C@@H]1C(=O)O. The topological polar surface area (TPSA) is 74.7 Å². The summed E-state index contributed by atoms with van der Waals surface area (Å²) in [6, 6.07) is 4.14. The van der Waals surface area contributed by atoms with Gasteiger partial charge in [0.15, 0.2) is 0 Å². The molecule has 0 bridgehead atoms. The highest BCUT2D eigenvalue weighted by Crippen LogP contribution is 2.38. The maximum atomic E-state index is 13.0. The van der Waals surface area contributed by atoms with Gasteiger partial charge >= 0.3 is 5.97 Å². The van der Waals surface area contributed by atoms with E-state index in [1.54, 1.807) is 25.1 Å². The zero-order chi connectivity index (χ0) is 16.1. The van der Waals surface area contributed by atoms with Gasteiger partial charge in [-0.15, -0.1) is 11.3 Å². The highest BCUT2D eigenvalue weighted by molar-refractivity contribution is 7.89. The molecule has 1 aliphatic heterocycles. The molecule has 2 aromatic rings. The van der Waals surface area contributed by atoms with E-state index < -0.39 is 22.0 Å². The monoisotopic (exact) mass is 359 g/mol. The number of aryl methyl sites for hydroxylation is 1. The smallest absolute Gasteiger partial charge is 0.322 e. The average molecular weight is 360 g/mol. The highest BCUT2D eigenvalue weighted by Gasteiger charge is 2.41. The number of carbonyl (C=O) groups is 1. The van der Waals surface area contributed by atoms with Gasteiger partial charge < -0.3 is 5.11 Å². The first kappa shape index (κ1) is 15.7. The number of sulfonamides is 1. The normalized spacial score (nSPS) is 19.8. The van der Waals surface area contributed by atoms with Crippen LogP contribution in [0.1, 0.15) is 17.7 Å². The van der Waals surface area contributed by atoms with Crippen LogP contribution in [0.3, 0.4) is 0 Å². The maximum Gasteiger partial charge on any atom is 0.322 e. The minimum absolute atomic E-state index is 0.183. The van der Waals surface area contributed by atoms with E-state index in [0.29, 0.717) is 28.1 Å². The Morgan fingerprint density at radius 3 is 2.86 bits per heavy atom. The molecule has 118 valence electrons. The van der Waals surface area contributed by atoms with E-state index in [0.717, 1.165) is 9.01 Å². The van der Waals surface area contributed by atoms with Crippen molar-refractivity contribution in [2.24, 2.45) is 0 Å². The van der Waals surface area contributed by atoms with Crippen molar-refractivity contribution in [1.82, 2.24) is 4.31 Å². The average Bonchev–Trinajstić information content (AvgIpc) is 3.02. The molecule has 1 fully saturated rings. The molecular formula is C14H14ClNO4S2. The van der Waals surface area contributed by atoms with Crippen LogP contribution >= 0.6 is 22.9 Å². The third-order valence-corrected chi connectivity index (χ3v) is 7.37. The van der Waals surface area contributed by atoms with Gasteiger partial charge in [-0.2, -0.15) is 4.31 Å². The summed E-state index contributed by atoms with van der Waals surface area (Å²) in [5, 5.41) is 10.3. The third-order valence-electron chi connectivity index (χ3n) is 3.82. The first-order valence-electron chi connectivity index (χ1n) is 6.75. The first-order chi connectivity index (χ1) is 10.3. The van der Waals surface area contributed by atoms with Crippen molar-refractivity contribution in [2.75, 3.05) is 6.54 Å². The molecule has 0 saturated carbocycles. The molecule has 2 heterocycles. The third kappa shape index (κ3) is 2.42. The lowest BCUT2D eigenvalue weighted by atomic mass is 10.2. The number of hydrogen-bond acceptors (Lipinski definition) is 4. The summed E-state index contributed by atoms with van der Waals surface area (Å²) in [6.45, 7) is 1.97. The second-order valence-electron chi connectivity index (χ2n) is 5.24. The van der Waals surface area contributed by atoms with Gasteiger partial charge in [-0.05, 0) is 38.0 Å². The minimum Gasteiger partial charge on any atom is -0.480 e. The zero-order valence-corrected chi connectivity index (χ0v) is 14.1. The Hall–Kier alpha value is -1.15. The molecule has 1 atom stereocenters. The number of carboxylic acid groups (broad SMARTS) is 1. The first-order valence-corrected chi connectivity index (χ1v) is 9.39. The van der Waals surface area contributed by atoms with E-state index in [-0.39, 0.29) is 11.4 Å². The maximum absolute atomic E-state index is 13.0. The number of fused-ring (bicyclic) bond motifs is 1. The van der Waals surface area contributed by atoms with Crippen LogP contribution in [-0.4, -0.2) is 36.4 Å². The van der Waals surface area contributed by atoms with Crippen LogP contribution in [0.5, 0.6) is 0 Å². The fourth-order valence-corrected chi connectivity index (χ4v) is 6.44. The lowest BCUT2D eigenvalue weighted by Gasteiger charge is -2.21. The van der Waals surface area contributed by atoms with Gasteiger partial charge in [0, 0.05) is 26.5 Å². The van der Waals surface area contributed by atoms with E-state index >= 15 is 0 Å². The van der Waals surface area contributed by atoms with Gasteiger partial charge in [0.25, 0.3) is 0 Å². The Balaban J connectivity index is 2.19. The van der Waals surface area contributed by atoms with Crippen LogP contribution in [0.2, 0.25) is 5.02 Å². The van der Waals surface area contributed by atoms with Gasteiger partial charge in [-0.1, -0.05) is 11.6 Å². The number of nitrogens with zero attached hydrogens (tertiary/aromatic N) is 1. The molecule has 0 spiro atoms. The predicted octanol–water partition coefficient (Wildman–Crippen LogP) is 3.10. The van der Waals surface area contributed by atoms with Gasteiger partial charge in [-0.25, -0.2) is 8.42 Å². The molecule has 0 unspecified atom stereocenters. The molecule has 8 heteroatoms. The molecular weight excluding hydrogens is 346 g/mol. The van der Waals surface area contributed by atoms with Gasteiger partial charge in [-0.3, -0.25) is 4.79 Å². The van der Waals surface area contributed by atoms with E-state index in [2.05, 4.69) is 0 Å². The largest absolute Gasteiger partial charge is 0.480 e. The number of halogens is 1.